The first-order chi connectivity index (χ1) is 11.0. The van der Waals surface area contributed by atoms with Crippen LogP contribution >= 0.6 is 0 Å². The number of carbonyl (C=O) groups is 1. The Bertz CT molecular complexity index is 705. The summed E-state index contributed by atoms with van der Waals surface area (Å²) in [6.07, 6.45) is 3.59. The van der Waals surface area contributed by atoms with Gasteiger partial charge in [0.1, 0.15) is 11.5 Å². The fraction of sp³-hybridized carbons (Fsp3) is 0.444. The van der Waals surface area contributed by atoms with Crippen molar-refractivity contribution < 1.29 is 4.79 Å². The summed E-state index contributed by atoms with van der Waals surface area (Å²) in [5.41, 5.74) is 8.87. The third kappa shape index (κ3) is 3.45. The van der Waals surface area contributed by atoms with Crippen molar-refractivity contribution in [1.82, 2.24) is 14.9 Å². The topological polar surface area (TPSA) is 72.9 Å². The molecule has 0 bridgehead atoms. The average Bonchev–Trinajstić information content (AvgIpc) is 2.95. The SMILES string of the molecule is CC(C)c1ccccc1CNC(=O)c1cn2c(n1)CCC(N)C2. The standard InChI is InChI=1S/C18H24N4O/c1-12(2)15-6-4-3-5-13(15)9-20-18(23)16-11-22-10-14(19)7-8-17(22)21-16/h3-6,11-12,14H,7-10,19H2,1-2H3,(H,20,23). The quantitative estimate of drug-likeness (QED) is 0.909. The zero-order chi connectivity index (χ0) is 16.4. The van der Waals surface area contributed by atoms with Gasteiger partial charge in [-0.25, -0.2) is 4.98 Å². The van der Waals surface area contributed by atoms with E-state index >= 15 is 0 Å². The summed E-state index contributed by atoms with van der Waals surface area (Å²) in [5.74, 6) is 1.27. The number of hydrogen-bond acceptors (Lipinski definition) is 3. The number of nitrogens with two attached hydrogens (primary N) is 1. The van der Waals surface area contributed by atoms with E-state index in [9.17, 15) is 4.79 Å². The normalized spacial score (nSPS) is 17.1. The van der Waals surface area contributed by atoms with Gasteiger partial charge in [0.2, 0.25) is 0 Å². The lowest BCUT2D eigenvalue weighted by Gasteiger charge is -2.19. The van der Waals surface area contributed by atoms with E-state index in [0.717, 1.165) is 30.8 Å². The summed E-state index contributed by atoms with van der Waals surface area (Å²) in [6, 6.07) is 8.37. The fourth-order valence-electron chi connectivity index (χ4n) is 3.10. The largest absolute Gasteiger partial charge is 0.347 e. The van der Waals surface area contributed by atoms with Crippen molar-refractivity contribution in [1.29, 1.82) is 0 Å². The van der Waals surface area contributed by atoms with Gasteiger partial charge < -0.3 is 15.6 Å². The first kappa shape index (κ1) is 15.7. The third-order valence-electron chi connectivity index (χ3n) is 4.38. The zero-order valence-electron chi connectivity index (χ0n) is 13.7. The number of fused-ring (bicyclic) bond motifs is 1. The predicted octanol–water partition coefficient (Wildman–Crippen LogP) is 2.21. The minimum Gasteiger partial charge on any atom is -0.347 e. The number of aromatic nitrogens is 2. The van der Waals surface area contributed by atoms with E-state index in [2.05, 4.69) is 36.3 Å². The second kappa shape index (κ2) is 6.54. The number of benzene rings is 1. The van der Waals surface area contributed by atoms with E-state index in [-0.39, 0.29) is 11.9 Å². The number of imidazole rings is 1. The Kier molecular flexibility index (Phi) is 4.48. The molecule has 0 aliphatic carbocycles. The van der Waals surface area contributed by atoms with Crippen LogP contribution in [-0.2, 0) is 19.5 Å². The van der Waals surface area contributed by atoms with E-state index in [4.69, 9.17) is 5.73 Å². The molecule has 3 N–H and O–H groups in total. The highest BCUT2D eigenvalue weighted by molar-refractivity contribution is 5.92. The van der Waals surface area contributed by atoms with E-state index in [1.54, 1.807) is 0 Å². The van der Waals surface area contributed by atoms with Crippen molar-refractivity contribution in [3.05, 3.63) is 53.1 Å². The van der Waals surface area contributed by atoms with Gasteiger partial charge in [-0.2, -0.15) is 0 Å². The van der Waals surface area contributed by atoms with Crippen molar-refractivity contribution in [2.45, 2.75) is 51.7 Å². The van der Waals surface area contributed by atoms with Crippen LogP contribution in [0, 0.1) is 0 Å². The van der Waals surface area contributed by atoms with E-state index in [1.807, 2.05) is 22.9 Å². The van der Waals surface area contributed by atoms with Crippen LogP contribution in [0.25, 0.3) is 0 Å². The van der Waals surface area contributed by atoms with Crippen LogP contribution in [0.3, 0.4) is 0 Å². The number of nitrogens with one attached hydrogen (secondary N) is 1. The maximum atomic E-state index is 12.4. The average molecular weight is 312 g/mol. The molecule has 0 spiro atoms. The molecular weight excluding hydrogens is 288 g/mol. The Morgan fingerprint density at radius 2 is 2.22 bits per heavy atom. The molecule has 0 saturated carbocycles. The molecule has 1 aromatic carbocycles. The highest BCUT2D eigenvalue weighted by Gasteiger charge is 2.20. The molecule has 0 fully saturated rings. The summed E-state index contributed by atoms with van der Waals surface area (Å²) in [7, 11) is 0. The Balaban J connectivity index is 1.69. The molecule has 1 unspecified atom stereocenters. The van der Waals surface area contributed by atoms with Crippen molar-refractivity contribution in [3.8, 4) is 0 Å². The lowest BCUT2D eigenvalue weighted by molar-refractivity contribution is 0.0946. The number of carbonyl (C=O) groups excluding carboxylic acids is 1. The van der Waals surface area contributed by atoms with Gasteiger partial charge in [0.05, 0.1) is 0 Å². The molecule has 5 heteroatoms. The number of aryl methyl sites for hydroxylation is 1. The van der Waals surface area contributed by atoms with Gasteiger partial charge in [0.25, 0.3) is 5.91 Å². The summed E-state index contributed by atoms with van der Waals surface area (Å²) >= 11 is 0. The van der Waals surface area contributed by atoms with Crippen molar-refractivity contribution in [2.24, 2.45) is 5.73 Å². The Labute approximate surface area is 136 Å². The maximum absolute atomic E-state index is 12.4. The number of rotatable bonds is 4. The van der Waals surface area contributed by atoms with Crippen molar-refractivity contribution >= 4 is 5.91 Å². The van der Waals surface area contributed by atoms with Crippen LogP contribution in [0.4, 0.5) is 0 Å². The first-order valence-electron chi connectivity index (χ1n) is 8.22. The summed E-state index contributed by atoms with van der Waals surface area (Å²) in [4.78, 5) is 16.8. The highest BCUT2D eigenvalue weighted by atomic mass is 16.1. The monoisotopic (exact) mass is 312 g/mol. The summed E-state index contributed by atoms with van der Waals surface area (Å²) in [5, 5.41) is 2.98. The van der Waals surface area contributed by atoms with Gasteiger partial charge >= 0.3 is 0 Å². The van der Waals surface area contributed by atoms with E-state index in [1.165, 1.54) is 5.56 Å². The van der Waals surface area contributed by atoms with Gasteiger partial charge in [0.15, 0.2) is 0 Å². The molecule has 1 amide bonds. The fourth-order valence-corrected chi connectivity index (χ4v) is 3.10. The number of amides is 1. The second-order valence-electron chi connectivity index (χ2n) is 6.53. The second-order valence-corrected chi connectivity index (χ2v) is 6.53. The van der Waals surface area contributed by atoms with Crippen LogP contribution in [0.5, 0.6) is 0 Å². The molecule has 2 heterocycles. The Hall–Kier alpha value is -2.14. The molecule has 122 valence electrons. The maximum Gasteiger partial charge on any atom is 0.271 e. The molecule has 3 rings (SSSR count). The van der Waals surface area contributed by atoms with Gasteiger partial charge in [0, 0.05) is 31.7 Å². The first-order valence-corrected chi connectivity index (χ1v) is 8.22. The minimum absolute atomic E-state index is 0.126. The van der Waals surface area contributed by atoms with Crippen LogP contribution in [0.1, 0.15) is 53.6 Å². The zero-order valence-corrected chi connectivity index (χ0v) is 13.7. The highest BCUT2D eigenvalue weighted by Crippen LogP contribution is 2.19. The summed E-state index contributed by atoms with van der Waals surface area (Å²) < 4.78 is 2.01. The molecule has 1 aliphatic rings. The van der Waals surface area contributed by atoms with Crippen LogP contribution in [-0.4, -0.2) is 21.5 Å². The lowest BCUT2D eigenvalue weighted by Crippen LogP contribution is -2.31. The smallest absolute Gasteiger partial charge is 0.271 e. The molecule has 5 nitrogen and oxygen atoms in total. The van der Waals surface area contributed by atoms with Gasteiger partial charge in [-0.05, 0) is 23.5 Å². The van der Waals surface area contributed by atoms with Crippen LogP contribution < -0.4 is 11.1 Å². The van der Waals surface area contributed by atoms with Crippen molar-refractivity contribution in [3.63, 3.8) is 0 Å². The molecule has 1 aromatic heterocycles. The van der Waals surface area contributed by atoms with Crippen LogP contribution in [0.15, 0.2) is 30.5 Å². The predicted molar refractivity (Wildman–Crippen MR) is 90.2 cm³/mol. The number of hydrogen-bond donors (Lipinski definition) is 2. The molecule has 1 atom stereocenters. The van der Waals surface area contributed by atoms with E-state index < -0.39 is 0 Å². The van der Waals surface area contributed by atoms with Crippen molar-refractivity contribution in [2.75, 3.05) is 0 Å². The Morgan fingerprint density at radius 1 is 1.43 bits per heavy atom. The van der Waals surface area contributed by atoms with Gasteiger partial charge in [-0.15, -0.1) is 0 Å². The molecular formula is C18H24N4O. The molecule has 1 aliphatic heterocycles. The Morgan fingerprint density at radius 3 is 3.00 bits per heavy atom. The number of nitrogens with zero attached hydrogens (tertiary/aromatic N) is 2. The molecule has 0 radical (unpaired) electrons. The molecule has 0 saturated heterocycles. The summed E-state index contributed by atoms with van der Waals surface area (Å²) in [6.45, 7) is 5.58. The molecule has 2 aromatic rings. The third-order valence-corrected chi connectivity index (χ3v) is 4.38. The van der Waals surface area contributed by atoms with Gasteiger partial charge in [-0.1, -0.05) is 38.1 Å². The minimum atomic E-state index is -0.126. The lowest BCUT2D eigenvalue weighted by atomic mass is 9.97. The van der Waals surface area contributed by atoms with Gasteiger partial charge in [-0.3, -0.25) is 4.79 Å². The van der Waals surface area contributed by atoms with E-state index in [0.29, 0.717) is 18.2 Å². The molecule has 23 heavy (non-hydrogen) atoms. The van der Waals surface area contributed by atoms with Crippen LogP contribution in [0.2, 0.25) is 0 Å².